The molecule has 2 aromatic carbocycles. The zero-order valence-corrected chi connectivity index (χ0v) is 12.2. The zero-order valence-electron chi connectivity index (χ0n) is 11.4. The van der Waals surface area contributed by atoms with Crippen molar-refractivity contribution in [1.82, 2.24) is 4.98 Å². The number of rotatable bonds is 3. The molecule has 0 aliphatic carbocycles. The van der Waals surface area contributed by atoms with Crippen molar-refractivity contribution in [3.8, 4) is 17.6 Å². The van der Waals surface area contributed by atoms with E-state index in [0.717, 1.165) is 21.5 Å². The highest BCUT2D eigenvalue weighted by Gasteiger charge is 2.12. The average Bonchev–Trinajstić information content (AvgIpc) is 2.55. The zero-order chi connectivity index (χ0) is 14.7. The molecule has 1 aromatic heterocycles. The average molecular weight is 292 g/mol. The Morgan fingerprint density at radius 1 is 1.10 bits per heavy atom. The Kier molecular flexibility index (Phi) is 3.76. The lowest BCUT2D eigenvalue weighted by molar-refractivity contribution is 0.474. The molecule has 0 amide bonds. The van der Waals surface area contributed by atoms with Crippen LogP contribution in [0, 0.1) is 11.3 Å². The number of aromatic nitrogens is 1. The topological polar surface area (TPSA) is 45.9 Å². The largest absolute Gasteiger partial charge is 0.454 e. The molecule has 3 rings (SSSR count). The molecule has 0 saturated heterocycles. The van der Waals surface area contributed by atoms with Crippen molar-refractivity contribution in [3.05, 3.63) is 60.3 Å². The fourth-order valence-corrected chi connectivity index (χ4v) is 2.64. The minimum atomic E-state index is 0.435. The van der Waals surface area contributed by atoms with Crippen molar-refractivity contribution in [2.75, 3.05) is 6.26 Å². The molecule has 0 radical (unpaired) electrons. The Morgan fingerprint density at radius 2 is 1.86 bits per heavy atom. The van der Waals surface area contributed by atoms with Gasteiger partial charge in [0, 0.05) is 16.5 Å². The number of nitriles is 1. The molecule has 0 unspecified atom stereocenters. The molecule has 0 aliphatic rings. The Hall–Kier alpha value is -2.51. The summed E-state index contributed by atoms with van der Waals surface area (Å²) >= 11 is 1.61. The summed E-state index contributed by atoms with van der Waals surface area (Å²) in [6.07, 6.45) is 3.55. The molecule has 0 bridgehead atoms. The van der Waals surface area contributed by atoms with Crippen LogP contribution in [0.1, 0.15) is 5.56 Å². The van der Waals surface area contributed by atoms with E-state index in [2.05, 4.69) is 11.1 Å². The van der Waals surface area contributed by atoms with E-state index in [9.17, 15) is 5.26 Å². The van der Waals surface area contributed by atoms with Gasteiger partial charge in [0.1, 0.15) is 17.4 Å². The lowest BCUT2D eigenvalue weighted by atomic mass is 10.1. The predicted octanol–water partition coefficient (Wildman–Crippen LogP) is 4.62. The van der Waals surface area contributed by atoms with Crippen LogP contribution in [-0.2, 0) is 0 Å². The SMILES string of the molecule is CSc1ccccc1Oc1c(C#N)cnc2ccccc12. The molecular formula is C17H12N2OS. The van der Waals surface area contributed by atoms with E-state index in [-0.39, 0.29) is 0 Å². The van der Waals surface area contributed by atoms with E-state index in [4.69, 9.17) is 4.74 Å². The van der Waals surface area contributed by atoms with Gasteiger partial charge in [-0.3, -0.25) is 4.98 Å². The number of para-hydroxylation sites is 2. The number of hydrogen-bond acceptors (Lipinski definition) is 4. The third-order valence-corrected chi connectivity index (χ3v) is 3.90. The summed E-state index contributed by atoms with van der Waals surface area (Å²) in [6.45, 7) is 0. The van der Waals surface area contributed by atoms with Crippen LogP contribution in [0.5, 0.6) is 11.5 Å². The maximum absolute atomic E-state index is 9.31. The summed E-state index contributed by atoms with van der Waals surface area (Å²) in [5.41, 5.74) is 1.25. The number of nitrogens with zero attached hydrogens (tertiary/aromatic N) is 2. The first-order chi connectivity index (χ1) is 10.3. The lowest BCUT2D eigenvalue weighted by Gasteiger charge is -2.12. The smallest absolute Gasteiger partial charge is 0.156 e. The molecule has 0 fully saturated rings. The molecule has 0 N–H and O–H groups in total. The number of pyridine rings is 1. The molecule has 4 heteroatoms. The van der Waals surface area contributed by atoms with Crippen molar-refractivity contribution in [1.29, 1.82) is 5.26 Å². The van der Waals surface area contributed by atoms with E-state index in [1.165, 1.54) is 0 Å². The van der Waals surface area contributed by atoms with Crippen LogP contribution in [0.3, 0.4) is 0 Å². The Morgan fingerprint density at radius 3 is 2.67 bits per heavy atom. The van der Waals surface area contributed by atoms with Crippen LogP contribution >= 0.6 is 11.8 Å². The van der Waals surface area contributed by atoms with Gasteiger partial charge in [-0.1, -0.05) is 24.3 Å². The summed E-state index contributed by atoms with van der Waals surface area (Å²) in [4.78, 5) is 5.32. The summed E-state index contributed by atoms with van der Waals surface area (Å²) in [5, 5.41) is 10.1. The number of ether oxygens (including phenoxy) is 1. The predicted molar refractivity (Wildman–Crippen MR) is 84.8 cm³/mol. The Labute approximate surface area is 127 Å². The highest BCUT2D eigenvalue weighted by atomic mass is 32.2. The van der Waals surface area contributed by atoms with E-state index in [0.29, 0.717) is 11.3 Å². The van der Waals surface area contributed by atoms with Crippen LogP contribution in [0.2, 0.25) is 0 Å². The summed E-state index contributed by atoms with van der Waals surface area (Å²) in [7, 11) is 0. The standard InChI is InChI=1S/C17H12N2OS/c1-21-16-9-5-4-8-15(16)20-17-12(10-18)11-19-14-7-3-2-6-13(14)17/h2-9,11H,1H3. The molecule has 102 valence electrons. The van der Waals surface area contributed by atoms with Crippen LogP contribution < -0.4 is 4.74 Å². The van der Waals surface area contributed by atoms with Gasteiger partial charge in [0.25, 0.3) is 0 Å². The van der Waals surface area contributed by atoms with Gasteiger partial charge in [0.05, 0.1) is 5.52 Å². The van der Waals surface area contributed by atoms with Crippen molar-refractivity contribution in [2.45, 2.75) is 4.90 Å². The first-order valence-corrected chi connectivity index (χ1v) is 7.64. The molecule has 0 saturated carbocycles. The molecule has 3 aromatic rings. The van der Waals surface area contributed by atoms with Crippen molar-refractivity contribution < 1.29 is 4.74 Å². The van der Waals surface area contributed by atoms with E-state index >= 15 is 0 Å². The second-order valence-electron chi connectivity index (χ2n) is 4.38. The summed E-state index contributed by atoms with van der Waals surface area (Å²) in [6, 6.07) is 17.6. The van der Waals surface area contributed by atoms with Crippen LogP contribution in [-0.4, -0.2) is 11.2 Å². The first kappa shape index (κ1) is 13.5. The second kappa shape index (κ2) is 5.86. The lowest BCUT2D eigenvalue weighted by Crippen LogP contribution is -1.93. The molecule has 0 spiro atoms. The summed E-state index contributed by atoms with van der Waals surface area (Å²) < 4.78 is 6.05. The van der Waals surface area contributed by atoms with Gasteiger partial charge in [-0.2, -0.15) is 5.26 Å². The van der Waals surface area contributed by atoms with Crippen LogP contribution in [0.15, 0.2) is 59.6 Å². The Bertz CT molecular complexity index is 840. The number of fused-ring (bicyclic) bond motifs is 1. The highest BCUT2D eigenvalue weighted by molar-refractivity contribution is 7.98. The third-order valence-electron chi connectivity index (χ3n) is 3.13. The highest BCUT2D eigenvalue weighted by Crippen LogP contribution is 2.36. The van der Waals surface area contributed by atoms with E-state index < -0.39 is 0 Å². The van der Waals surface area contributed by atoms with Gasteiger partial charge < -0.3 is 4.74 Å². The molecular weight excluding hydrogens is 280 g/mol. The third kappa shape index (κ3) is 2.56. The molecule has 21 heavy (non-hydrogen) atoms. The van der Waals surface area contributed by atoms with E-state index in [1.54, 1.807) is 18.0 Å². The van der Waals surface area contributed by atoms with Crippen LogP contribution in [0.25, 0.3) is 10.9 Å². The number of thioether (sulfide) groups is 1. The molecule has 0 atom stereocenters. The minimum absolute atomic E-state index is 0.435. The quantitative estimate of drug-likeness (QED) is 0.661. The fraction of sp³-hybridized carbons (Fsp3) is 0.0588. The van der Waals surface area contributed by atoms with Gasteiger partial charge in [0.2, 0.25) is 0 Å². The Balaban J connectivity index is 2.17. The normalized spacial score (nSPS) is 10.3. The van der Waals surface area contributed by atoms with Gasteiger partial charge in [-0.05, 0) is 30.5 Å². The number of hydrogen-bond donors (Lipinski definition) is 0. The summed E-state index contributed by atoms with van der Waals surface area (Å²) in [5.74, 6) is 1.31. The van der Waals surface area contributed by atoms with Crippen molar-refractivity contribution >= 4 is 22.7 Å². The molecule has 1 heterocycles. The van der Waals surface area contributed by atoms with Gasteiger partial charge in [-0.25, -0.2) is 0 Å². The van der Waals surface area contributed by atoms with Crippen molar-refractivity contribution in [2.24, 2.45) is 0 Å². The van der Waals surface area contributed by atoms with Gasteiger partial charge in [-0.15, -0.1) is 11.8 Å². The van der Waals surface area contributed by atoms with Gasteiger partial charge in [0.15, 0.2) is 5.75 Å². The maximum Gasteiger partial charge on any atom is 0.156 e. The minimum Gasteiger partial charge on any atom is -0.454 e. The fourth-order valence-electron chi connectivity index (χ4n) is 2.12. The van der Waals surface area contributed by atoms with Crippen LogP contribution in [0.4, 0.5) is 0 Å². The first-order valence-electron chi connectivity index (χ1n) is 6.42. The monoisotopic (exact) mass is 292 g/mol. The van der Waals surface area contributed by atoms with Crippen molar-refractivity contribution in [3.63, 3.8) is 0 Å². The maximum atomic E-state index is 9.31. The second-order valence-corrected chi connectivity index (χ2v) is 5.23. The van der Waals surface area contributed by atoms with Gasteiger partial charge >= 0.3 is 0 Å². The molecule has 0 aliphatic heterocycles. The molecule has 3 nitrogen and oxygen atoms in total. The van der Waals surface area contributed by atoms with E-state index in [1.807, 2.05) is 54.8 Å². The number of benzene rings is 2.